The van der Waals surface area contributed by atoms with Crippen molar-refractivity contribution >= 4 is 11.8 Å². The Hall–Kier alpha value is -2.24. The third-order valence-electron chi connectivity index (χ3n) is 3.93. The van der Waals surface area contributed by atoms with Crippen molar-refractivity contribution in [1.29, 1.82) is 0 Å². The number of nitrogens with zero attached hydrogens (tertiary/aromatic N) is 2. The molecule has 4 nitrogen and oxygen atoms in total. The number of rotatable bonds is 7. The summed E-state index contributed by atoms with van der Waals surface area (Å²) in [5.74, 6) is 1.46. The minimum Gasteiger partial charge on any atom is -0.497 e. The molecular weight excluding hydrogens is 332 g/mol. The molecule has 0 fully saturated rings. The van der Waals surface area contributed by atoms with Crippen LogP contribution in [-0.2, 0) is 13.1 Å². The van der Waals surface area contributed by atoms with Crippen molar-refractivity contribution in [1.82, 2.24) is 9.88 Å². The summed E-state index contributed by atoms with van der Waals surface area (Å²) in [6, 6.07) is 16.4. The van der Waals surface area contributed by atoms with Gasteiger partial charge >= 0.3 is 0 Å². The van der Waals surface area contributed by atoms with Crippen LogP contribution in [0.4, 0.5) is 0 Å². The third-order valence-corrected chi connectivity index (χ3v) is 4.68. The molecule has 0 radical (unpaired) electrons. The predicted molar refractivity (Wildman–Crippen MR) is 102 cm³/mol. The quantitative estimate of drug-likeness (QED) is 0.575. The molecule has 0 aliphatic carbocycles. The van der Waals surface area contributed by atoms with E-state index in [1.165, 1.54) is 10.5 Å². The van der Waals surface area contributed by atoms with E-state index in [2.05, 4.69) is 47.5 Å². The van der Waals surface area contributed by atoms with E-state index in [4.69, 9.17) is 9.15 Å². The molecule has 0 bridgehead atoms. The van der Waals surface area contributed by atoms with Crippen molar-refractivity contribution in [3.8, 4) is 17.2 Å². The van der Waals surface area contributed by atoms with Gasteiger partial charge in [0.15, 0.2) is 0 Å². The number of thioether (sulfide) groups is 1. The van der Waals surface area contributed by atoms with E-state index in [1.54, 1.807) is 25.1 Å². The second-order valence-corrected chi connectivity index (χ2v) is 6.77. The van der Waals surface area contributed by atoms with E-state index in [1.807, 2.05) is 24.3 Å². The molecule has 25 heavy (non-hydrogen) atoms. The van der Waals surface area contributed by atoms with Gasteiger partial charge in [0.05, 0.1) is 12.8 Å². The van der Waals surface area contributed by atoms with Gasteiger partial charge in [-0.15, -0.1) is 11.8 Å². The van der Waals surface area contributed by atoms with Crippen LogP contribution >= 0.6 is 11.8 Å². The van der Waals surface area contributed by atoms with Gasteiger partial charge in [0.25, 0.3) is 0 Å². The fourth-order valence-corrected chi connectivity index (χ4v) is 3.03. The van der Waals surface area contributed by atoms with Gasteiger partial charge in [-0.25, -0.2) is 4.98 Å². The monoisotopic (exact) mass is 354 g/mol. The highest BCUT2D eigenvalue weighted by Crippen LogP contribution is 2.22. The molecule has 3 rings (SSSR count). The van der Waals surface area contributed by atoms with Crippen molar-refractivity contribution in [2.24, 2.45) is 0 Å². The van der Waals surface area contributed by atoms with Crippen molar-refractivity contribution in [3.63, 3.8) is 0 Å². The fourth-order valence-electron chi connectivity index (χ4n) is 2.62. The summed E-state index contributed by atoms with van der Waals surface area (Å²) in [4.78, 5) is 8.10. The molecule has 0 N–H and O–H groups in total. The minimum absolute atomic E-state index is 0.635. The van der Waals surface area contributed by atoms with Crippen LogP contribution in [0.15, 0.2) is 64.1 Å². The van der Waals surface area contributed by atoms with E-state index < -0.39 is 0 Å². The lowest BCUT2D eigenvalue weighted by atomic mass is 10.2. The number of oxazole rings is 1. The van der Waals surface area contributed by atoms with E-state index >= 15 is 0 Å². The SMILES string of the molecule is COc1ccc(-c2nc(CN(C)Cc3ccc(SC)cc3)co2)cc1. The Morgan fingerprint density at radius 2 is 1.76 bits per heavy atom. The zero-order chi connectivity index (χ0) is 17.6. The molecule has 1 aromatic heterocycles. The zero-order valence-electron chi connectivity index (χ0n) is 14.7. The highest BCUT2D eigenvalue weighted by atomic mass is 32.2. The van der Waals surface area contributed by atoms with Crippen molar-refractivity contribution in [2.75, 3.05) is 20.4 Å². The summed E-state index contributed by atoms with van der Waals surface area (Å²) in [6.07, 6.45) is 3.82. The molecule has 0 unspecified atom stereocenters. The van der Waals surface area contributed by atoms with Crippen LogP contribution in [0, 0.1) is 0 Å². The molecule has 0 spiro atoms. The van der Waals surface area contributed by atoms with E-state index in [0.29, 0.717) is 5.89 Å². The lowest BCUT2D eigenvalue weighted by Crippen LogP contribution is -2.17. The smallest absolute Gasteiger partial charge is 0.226 e. The summed E-state index contributed by atoms with van der Waals surface area (Å²) >= 11 is 1.76. The number of methoxy groups -OCH3 is 1. The summed E-state index contributed by atoms with van der Waals surface area (Å²) < 4.78 is 10.8. The van der Waals surface area contributed by atoms with Crippen LogP contribution in [-0.4, -0.2) is 30.3 Å². The van der Waals surface area contributed by atoms with Crippen molar-refractivity contribution in [3.05, 3.63) is 66.1 Å². The Morgan fingerprint density at radius 3 is 2.40 bits per heavy atom. The highest BCUT2D eigenvalue weighted by Gasteiger charge is 2.09. The number of hydrogen-bond acceptors (Lipinski definition) is 5. The maximum Gasteiger partial charge on any atom is 0.226 e. The number of hydrogen-bond donors (Lipinski definition) is 0. The molecule has 2 aromatic carbocycles. The van der Waals surface area contributed by atoms with Crippen LogP contribution in [0.3, 0.4) is 0 Å². The molecule has 0 saturated heterocycles. The standard InChI is InChI=1S/C20H22N2O2S/c1-22(12-15-4-10-19(25-3)11-5-15)13-17-14-24-20(21-17)16-6-8-18(23-2)9-7-16/h4-11,14H,12-13H2,1-3H3. The van der Waals surface area contributed by atoms with Crippen LogP contribution in [0.2, 0.25) is 0 Å². The van der Waals surface area contributed by atoms with Gasteiger partial charge in [0.1, 0.15) is 12.0 Å². The number of ether oxygens (including phenoxy) is 1. The molecule has 130 valence electrons. The van der Waals surface area contributed by atoms with Gasteiger partial charge in [-0.05, 0) is 55.3 Å². The number of aromatic nitrogens is 1. The Labute approximate surface area is 152 Å². The van der Waals surface area contributed by atoms with Gasteiger partial charge in [-0.1, -0.05) is 12.1 Å². The van der Waals surface area contributed by atoms with E-state index in [0.717, 1.165) is 30.1 Å². The molecule has 3 aromatic rings. The van der Waals surface area contributed by atoms with Crippen LogP contribution in [0.1, 0.15) is 11.3 Å². The number of benzene rings is 2. The van der Waals surface area contributed by atoms with Crippen molar-refractivity contribution in [2.45, 2.75) is 18.0 Å². The second kappa shape index (κ2) is 8.23. The maximum absolute atomic E-state index is 5.62. The Kier molecular flexibility index (Phi) is 5.79. The summed E-state index contributed by atoms with van der Waals surface area (Å²) in [5, 5.41) is 0. The minimum atomic E-state index is 0.635. The normalized spacial score (nSPS) is 11.0. The zero-order valence-corrected chi connectivity index (χ0v) is 15.5. The van der Waals surface area contributed by atoms with Gasteiger partial charge < -0.3 is 9.15 Å². The average molecular weight is 354 g/mol. The summed E-state index contributed by atoms with van der Waals surface area (Å²) in [6.45, 7) is 1.61. The first-order valence-corrected chi connectivity index (χ1v) is 9.30. The molecule has 0 atom stereocenters. The predicted octanol–water partition coefficient (Wildman–Crippen LogP) is 4.70. The molecule has 1 heterocycles. The topological polar surface area (TPSA) is 38.5 Å². The molecule has 0 amide bonds. The summed E-state index contributed by atoms with van der Waals surface area (Å²) in [5.41, 5.74) is 3.16. The summed E-state index contributed by atoms with van der Waals surface area (Å²) in [7, 11) is 3.74. The lowest BCUT2D eigenvalue weighted by Gasteiger charge is -2.15. The van der Waals surface area contributed by atoms with Crippen LogP contribution < -0.4 is 4.74 Å². The lowest BCUT2D eigenvalue weighted by molar-refractivity contribution is 0.314. The highest BCUT2D eigenvalue weighted by molar-refractivity contribution is 7.98. The van der Waals surface area contributed by atoms with Gasteiger partial charge in [0.2, 0.25) is 5.89 Å². The fraction of sp³-hybridized carbons (Fsp3) is 0.250. The third kappa shape index (κ3) is 4.65. The molecule has 5 heteroatoms. The van der Waals surface area contributed by atoms with Crippen LogP contribution in [0.5, 0.6) is 5.75 Å². The maximum atomic E-state index is 5.62. The van der Waals surface area contributed by atoms with Gasteiger partial charge in [-0.3, -0.25) is 4.90 Å². The first-order chi connectivity index (χ1) is 12.2. The first-order valence-electron chi connectivity index (χ1n) is 8.08. The average Bonchev–Trinajstić information content (AvgIpc) is 3.10. The molecule has 0 saturated carbocycles. The van der Waals surface area contributed by atoms with Gasteiger partial charge in [-0.2, -0.15) is 0 Å². The molecular formula is C20H22N2O2S. The van der Waals surface area contributed by atoms with Gasteiger partial charge in [0, 0.05) is 23.5 Å². The molecule has 0 aliphatic rings. The Bertz CT molecular complexity index is 797. The van der Waals surface area contributed by atoms with Crippen LogP contribution in [0.25, 0.3) is 11.5 Å². The molecule has 0 aliphatic heterocycles. The Morgan fingerprint density at radius 1 is 1.04 bits per heavy atom. The van der Waals surface area contributed by atoms with E-state index in [-0.39, 0.29) is 0 Å². The Balaban J connectivity index is 1.61. The van der Waals surface area contributed by atoms with E-state index in [9.17, 15) is 0 Å². The largest absolute Gasteiger partial charge is 0.497 e. The van der Waals surface area contributed by atoms with Crippen molar-refractivity contribution < 1.29 is 9.15 Å². The first kappa shape index (κ1) is 17.6. The second-order valence-electron chi connectivity index (χ2n) is 5.89.